The quantitative estimate of drug-likeness (QED) is 0.312. The van der Waals surface area contributed by atoms with Gasteiger partial charge >= 0.3 is 16.8 Å². The fourth-order valence-electron chi connectivity index (χ4n) is 5.14. The molecule has 2 atom stereocenters. The van der Waals surface area contributed by atoms with Gasteiger partial charge < -0.3 is 30.0 Å². The predicted octanol–water partition coefficient (Wildman–Crippen LogP) is 3.25. The summed E-state index contributed by atoms with van der Waals surface area (Å²) < 4.78 is 0. The van der Waals surface area contributed by atoms with Crippen LogP contribution in [0.3, 0.4) is 0 Å². The van der Waals surface area contributed by atoms with E-state index in [0.717, 1.165) is 54.6 Å². The Labute approximate surface area is 303 Å². The zero-order chi connectivity index (χ0) is 36.7. The second-order valence-electron chi connectivity index (χ2n) is 16.5. The maximum atomic E-state index is 11.2. The molecule has 0 saturated heterocycles. The van der Waals surface area contributed by atoms with E-state index >= 15 is 0 Å². The van der Waals surface area contributed by atoms with Crippen molar-refractivity contribution in [2.45, 2.75) is 124 Å². The fraction of sp³-hybridized carbons (Fsp3) is 0.543. The summed E-state index contributed by atoms with van der Waals surface area (Å²) in [6, 6.07) is 9.04. The Bertz CT molecular complexity index is 1350. The number of nitrogens with zero attached hydrogens (tertiary/aromatic N) is 2. The molecular formula is C35H58CoN2O6Si4. The number of carboxylic acid groups (broad SMARTS) is 2. The van der Waals surface area contributed by atoms with Crippen molar-refractivity contribution in [3.63, 3.8) is 0 Å². The summed E-state index contributed by atoms with van der Waals surface area (Å²) in [4.78, 5) is 27.8. The molecule has 3 rings (SSSR count). The Morgan fingerprint density at radius 1 is 0.625 bits per heavy atom. The van der Waals surface area contributed by atoms with Crippen LogP contribution in [0, 0.1) is 0 Å². The van der Waals surface area contributed by atoms with Gasteiger partial charge in [0.1, 0.15) is 11.5 Å². The van der Waals surface area contributed by atoms with Crippen LogP contribution in [-0.2, 0) is 26.4 Å². The number of hydrogen-bond donors (Lipinski definition) is 2. The SMILES string of the molecule is CC(=O)[O-].CC(=O)[O-].C[Si](C)(C)c1cc(C=NC2CCCC2N=Cc2cc([Si](C)(C)C)cc([Si](C)(C)C)c2O)c(O)c([Si](C)(C)C)c1.[Co+2]. The van der Waals surface area contributed by atoms with E-state index in [9.17, 15) is 10.2 Å². The average molecular weight is 774 g/mol. The molecule has 0 amide bonds. The summed E-state index contributed by atoms with van der Waals surface area (Å²) in [6.45, 7) is 29.8. The zero-order valence-corrected chi connectivity index (χ0v) is 36.5. The Kier molecular flexibility index (Phi) is 17.2. The molecule has 1 fully saturated rings. The van der Waals surface area contributed by atoms with E-state index in [-0.39, 0.29) is 28.9 Å². The van der Waals surface area contributed by atoms with Crippen LogP contribution >= 0.6 is 0 Å². The Morgan fingerprint density at radius 2 is 0.896 bits per heavy atom. The smallest absolute Gasteiger partial charge is 0.550 e. The number of carbonyl (C=O) groups is 2. The van der Waals surface area contributed by atoms with Gasteiger partial charge in [-0.1, -0.05) is 113 Å². The first-order chi connectivity index (χ1) is 21.2. The number of benzene rings is 2. The minimum Gasteiger partial charge on any atom is -0.550 e. The van der Waals surface area contributed by atoms with Gasteiger partial charge in [-0.25, -0.2) is 0 Å². The second kappa shape index (κ2) is 18.1. The van der Waals surface area contributed by atoms with Gasteiger partial charge in [-0.05, 0) is 43.5 Å². The minimum absolute atomic E-state index is 0. The van der Waals surface area contributed by atoms with Gasteiger partial charge in [-0.2, -0.15) is 0 Å². The van der Waals surface area contributed by atoms with Crippen molar-refractivity contribution in [3.05, 3.63) is 35.4 Å². The molecule has 1 radical (unpaired) electrons. The summed E-state index contributed by atoms with van der Waals surface area (Å²) in [5.74, 6) is -1.35. The molecule has 2 aromatic carbocycles. The first-order valence-corrected chi connectivity index (χ1v) is 30.3. The van der Waals surface area contributed by atoms with Crippen molar-refractivity contribution in [1.29, 1.82) is 0 Å². The molecule has 1 aliphatic rings. The average Bonchev–Trinajstić information content (AvgIpc) is 3.31. The monoisotopic (exact) mass is 773 g/mol. The van der Waals surface area contributed by atoms with Gasteiger partial charge in [0.05, 0.1) is 44.4 Å². The van der Waals surface area contributed by atoms with Gasteiger partial charge in [0.15, 0.2) is 0 Å². The predicted molar refractivity (Wildman–Crippen MR) is 206 cm³/mol. The molecule has 2 aromatic rings. The summed E-state index contributed by atoms with van der Waals surface area (Å²) in [5, 5.41) is 45.2. The maximum Gasteiger partial charge on any atom is 2.00 e. The molecular weight excluding hydrogens is 716 g/mol. The number of carboxylic acids is 2. The van der Waals surface area contributed by atoms with Crippen LogP contribution in [0.15, 0.2) is 34.3 Å². The van der Waals surface area contributed by atoms with E-state index in [0.29, 0.717) is 11.5 Å². The first kappa shape index (κ1) is 45.7. The number of aromatic hydroxyl groups is 2. The third-order valence-corrected chi connectivity index (χ3v) is 15.9. The summed E-state index contributed by atoms with van der Waals surface area (Å²) in [6.07, 6.45) is 6.90. The van der Waals surface area contributed by atoms with E-state index in [4.69, 9.17) is 29.8 Å². The molecule has 8 nitrogen and oxygen atoms in total. The van der Waals surface area contributed by atoms with Gasteiger partial charge in [-0.15, -0.1) is 0 Å². The number of aliphatic carboxylic acids is 2. The number of aliphatic imine (C=N–C) groups is 2. The van der Waals surface area contributed by atoms with Gasteiger partial charge in [-0.3, -0.25) is 9.98 Å². The van der Waals surface area contributed by atoms with Crippen LogP contribution in [0.4, 0.5) is 0 Å². The molecule has 0 bridgehead atoms. The Morgan fingerprint density at radius 3 is 1.12 bits per heavy atom. The molecule has 2 N–H and O–H groups in total. The van der Waals surface area contributed by atoms with E-state index in [1.807, 2.05) is 12.4 Å². The van der Waals surface area contributed by atoms with Crippen molar-refractivity contribution >= 4 is 77.4 Å². The normalized spacial score (nSPS) is 16.9. The van der Waals surface area contributed by atoms with Crippen LogP contribution in [0.25, 0.3) is 0 Å². The van der Waals surface area contributed by atoms with Gasteiger partial charge in [0.2, 0.25) is 0 Å². The molecule has 2 unspecified atom stereocenters. The van der Waals surface area contributed by atoms with Crippen molar-refractivity contribution < 1.29 is 46.8 Å². The van der Waals surface area contributed by atoms with Crippen molar-refractivity contribution in [3.8, 4) is 11.5 Å². The Balaban J connectivity index is 0.00000221. The molecule has 0 aliphatic heterocycles. The molecule has 269 valence electrons. The standard InChI is InChI=1S/C31H52N2O2Si4.2C2H4O2.Co/c1-36(2,3)24-16-22(30(34)28(18-24)38(7,8)9)20-32-26-14-13-15-27(26)33-21-23-17-25(37(4,5)6)19-29(31(23)35)39(10,11)12;2*1-2(3)4;/h16-21,26-27,34-35H,13-15H2,1-12H3;2*1H3,(H,3,4);/q;;;+2/p-2. The molecule has 0 heterocycles. The topological polar surface area (TPSA) is 145 Å². The second-order valence-corrected chi connectivity index (χ2v) is 36.8. The first-order valence-electron chi connectivity index (χ1n) is 16.3. The number of carbonyl (C=O) groups excluding carboxylic acids is 2. The van der Waals surface area contributed by atoms with Crippen LogP contribution in [0.2, 0.25) is 78.6 Å². The number of phenols is 2. The van der Waals surface area contributed by atoms with Gasteiger partial charge in [0, 0.05) is 35.5 Å². The number of rotatable bonds is 8. The van der Waals surface area contributed by atoms with Crippen LogP contribution in [0.1, 0.15) is 44.2 Å². The van der Waals surface area contributed by atoms with Crippen molar-refractivity contribution in [2.75, 3.05) is 0 Å². The van der Waals surface area contributed by atoms with Gasteiger partial charge in [0.25, 0.3) is 0 Å². The molecule has 48 heavy (non-hydrogen) atoms. The molecule has 1 aliphatic carbocycles. The van der Waals surface area contributed by atoms with Crippen molar-refractivity contribution in [1.82, 2.24) is 0 Å². The van der Waals surface area contributed by atoms with Crippen LogP contribution in [-0.4, -0.2) is 79.0 Å². The van der Waals surface area contributed by atoms with E-state index in [1.165, 1.54) is 10.4 Å². The van der Waals surface area contributed by atoms with Crippen LogP contribution < -0.4 is 31.0 Å². The fourth-order valence-corrected chi connectivity index (χ4v) is 10.6. The summed E-state index contributed by atoms with van der Waals surface area (Å²) >= 11 is 0. The van der Waals surface area contributed by atoms with Crippen molar-refractivity contribution in [2.24, 2.45) is 9.98 Å². The largest absolute Gasteiger partial charge is 2.00 e. The van der Waals surface area contributed by atoms with E-state index < -0.39 is 44.2 Å². The number of phenolic OH excluding ortho intramolecular Hbond substituents is 2. The maximum absolute atomic E-state index is 11.2. The molecule has 1 saturated carbocycles. The van der Waals surface area contributed by atoms with Crippen LogP contribution in [0.5, 0.6) is 11.5 Å². The molecule has 13 heteroatoms. The third-order valence-electron chi connectivity index (χ3n) is 7.88. The zero-order valence-electron chi connectivity index (χ0n) is 31.5. The number of hydrogen-bond acceptors (Lipinski definition) is 8. The summed E-state index contributed by atoms with van der Waals surface area (Å²) in [5.41, 5.74) is 1.70. The molecule has 0 aromatic heterocycles. The third kappa shape index (κ3) is 14.7. The van der Waals surface area contributed by atoms with E-state index in [1.54, 1.807) is 0 Å². The molecule has 0 spiro atoms. The Hall–Kier alpha value is -2.31. The summed E-state index contributed by atoms with van der Waals surface area (Å²) in [7, 11) is -6.55. The van der Waals surface area contributed by atoms with E-state index in [2.05, 4.69) is 103 Å². The minimum atomic E-state index is -1.72.